The SMILES string of the molecule is O=C(C1CC1c1ccccc1)N(c1ccc2c(c1)C(NS(=O)c1ccc(F)cc1)CC2)c1ncccn1. The third-order valence-corrected chi connectivity index (χ3v) is 8.25. The molecule has 37 heavy (non-hydrogen) atoms. The Morgan fingerprint density at radius 1 is 0.973 bits per heavy atom. The zero-order valence-electron chi connectivity index (χ0n) is 20.0. The summed E-state index contributed by atoms with van der Waals surface area (Å²) in [6.45, 7) is 0. The highest BCUT2D eigenvalue weighted by atomic mass is 32.2. The van der Waals surface area contributed by atoms with Crippen molar-refractivity contribution in [3.63, 3.8) is 0 Å². The van der Waals surface area contributed by atoms with Crippen molar-refractivity contribution < 1.29 is 13.4 Å². The van der Waals surface area contributed by atoms with Gasteiger partial charge in [-0.05, 0) is 84.3 Å². The molecule has 4 atom stereocenters. The molecular formula is C29H25FN4O2S. The predicted octanol–water partition coefficient (Wildman–Crippen LogP) is 5.38. The van der Waals surface area contributed by atoms with Crippen LogP contribution in [0.2, 0.25) is 0 Å². The van der Waals surface area contributed by atoms with E-state index in [0.717, 1.165) is 36.0 Å². The lowest BCUT2D eigenvalue weighted by atomic mass is 10.1. The Labute approximate surface area is 217 Å². The molecule has 186 valence electrons. The summed E-state index contributed by atoms with van der Waals surface area (Å²) in [7, 11) is -1.50. The van der Waals surface area contributed by atoms with Crippen LogP contribution in [0.3, 0.4) is 0 Å². The summed E-state index contributed by atoms with van der Waals surface area (Å²) in [5.41, 5.74) is 4.00. The topological polar surface area (TPSA) is 75.2 Å². The van der Waals surface area contributed by atoms with E-state index < -0.39 is 11.0 Å². The molecule has 8 heteroatoms. The van der Waals surface area contributed by atoms with Gasteiger partial charge in [0.05, 0.1) is 10.6 Å². The first kappa shape index (κ1) is 23.6. The first-order valence-electron chi connectivity index (χ1n) is 12.3. The number of benzene rings is 3. The highest BCUT2D eigenvalue weighted by Gasteiger charge is 2.47. The maximum atomic E-state index is 13.8. The molecule has 0 spiro atoms. The highest BCUT2D eigenvalue weighted by molar-refractivity contribution is 7.83. The van der Waals surface area contributed by atoms with E-state index in [1.165, 1.54) is 24.3 Å². The number of amides is 1. The Kier molecular flexibility index (Phi) is 6.36. The quantitative estimate of drug-likeness (QED) is 0.361. The molecule has 1 fully saturated rings. The van der Waals surface area contributed by atoms with Crippen LogP contribution >= 0.6 is 0 Å². The predicted molar refractivity (Wildman–Crippen MR) is 140 cm³/mol. The number of rotatable bonds is 7. The molecule has 0 aliphatic heterocycles. The number of fused-ring (bicyclic) bond motifs is 1. The Bertz CT molecular complexity index is 1450. The molecular weight excluding hydrogens is 487 g/mol. The average molecular weight is 513 g/mol. The number of aryl methyl sites for hydroxylation is 1. The van der Waals surface area contributed by atoms with Gasteiger partial charge in [-0.25, -0.2) is 28.2 Å². The zero-order chi connectivity index (χ0) is 25.4. The minimum absolute atomic E-state index is 0.0302. The van der Waals surface area contributed by atoms with Crippen LogP contribution < -0.4 is 9.62 Å². The molecule has 1 saturated carbocycles. The number of carbonyl (C=O) groups excluding carboxylic acids is 1. The fourth-order valence-corrected chi connectivity index (χ4v) is 6.08. The van der Waals surface area contributed by atoms with Crippen molar-refractivity contribution in [3.8, 4) is 0 Å². The van der Waals surface area contributed by atoms with Crippen LogP contribution in [-0.2, 0) is 22.2 Å². The second-order valence-corrected chi connectivity index (χ2v) is 10.6. The maximum absolute atomic E-state index is 13.8. The molecule has 1 heterocycles. The Morgan fingerprint density at radius 3 is 2.49 bits per heavy atom. The Hall–Kier alpha value is -3.75. The van der Waals surface area contributed by atoms with E-state index in [2.05, 4.69) is 26.8 Å². The Balaban J connectivity index is 1.29. The van der Waals surface area contributed by atoms with Gasteiger partial charge in [0, 0.05) is 24.4 Å². The van der Waals surface area contributed by atoms with Crippen LogP contribution in [-0.4, -0.2) is 20.1 Å². The number of halogens is 1. The van der Waals surface area contributed by atoms with E-state index >= 15 is 0 Å². The first-order chi connectivity index (χ1) is 18.1. The van der Waals surface area contributed by atoms with Gasteiger partial charge in [-0.3, -0.25) is 4.79 Å². The first-order valence-corrected chi connectivity index (χ1v) is 13.5. The van der Waals surface area contributed by atoms with Crippen molar-refractivity contribution >= 4 is 28.5 Å². The lowest BCUT2D eigenvalue weighted by molar-refractivity contribution is -0.119. The molecule has 1 amide bonds. The number of carbonyl (C=O) groups is 1. The van der Waals surface area contributed by atoms with E-state index in [9.17, 15) is 13.4 Å². The van der Waals surface area contributed by atoms with Crippen molar-refractivity contribution in [2.24, 2.45) is 5.92 Å². The van der Waals surface area contributed by atoms with Crippen LogP contribution in [0.5, 0.6) is 0 Å². The van der Waals surface area contributed by atoms with Gasteiger partial charge in [-0.15, -0.1) is 0 Å². The van der Waals surface area contributed by atoms with E-state index in [1.54, 1.807) is 23.4 Å². The summed E-state index contributed by atoms with van der Waals surface area (Å²) in [6, 6.07) is 23.3. The third kappa shape index (κ3) is 4.82. The second kappa shape index (κ2) is 9.95. The second-order valence-electron chi connectivity index (χ2n) is 9.40. The molecule has 6 nitrogen and oxygen atoms in total. The minimum atomic E-state index is -1.50. The largest absolute Gasteiger partial charge is 0.274 e. The van der Waals surface area contributed by atoms with Gasteiger partial charge < -0.3 is 0 Å². The molecule has 2 aliphatic rings. The molecule has 1 N–H and O–H groups in total. The highest BCUT2D eigenvalue weighted by Crippen LogP contribution is 2.49. The van der Waals surface area contributed by atoms with Gasteiger partial charge in [-0.1, -0.05) is 36.4 Å². The van der Waals surface area contributed by atoms with E-state index in [4.69, 9.17) is 0 Å². The molecule has 0 saturated heterocycles. The summed E-state index contributed by atoms with van der Waals surface area (Å²) in [5, 5.41) is 0. The molecule has 3 aromatic carbocycles. The van der Waals surface area contributed by atoms with Gasteiger partial charge >= 0.3 is 0 Å². The molecule has 0 bridgehead atoms. The smallest absolute Gasteiger partial charge is 0.237 e. The van der Waals surface area contributed by atoms with Crippen molar-refractivity contribution in [1.82, 2.24) is 14.7 Å². The normalized spacial score (nSPS) is 20.7. The Morgan fingerprint density at radius 2 is 1.73 bits per heavy atom. The van der Waals surface area contributed by atoms with Crippen LogP contribution in [0.1, 0.15) is 41.5 Å². The number of anilines is 2. The average Bonchev–Trinajstić information content (AvgIpc) is 3.65. The van der Waals surface area contributed by atoms with Gasteiger partial charge in [-0.2, -0.15) is 0 Å². The molecule has 2 aliphatic carbocycles. The molecule has 1 aromatic heterocycles. The molecule has 4 unspecified atom stereocenters. The summed E-state index contributed by atoms with van der Waals surface area (Å²) in [4.78, 5) is 24.7. The van der Waals surface area contributed by atoms with E-state index in [1.807, 2.05) is 36.4 Å². The van der Waals surface area contributed by atoms with Gasteiger partial charge in [0.25, 0.3) is 0 Å². The van der Waals surface area contributed by atoms with Crippen LogP contribution in [0, 0.1) is 11.7 Å². The number of hydrogen-bond donors (Lipinski definition) is 1. The van der Waals surface area contributed by atoms with Crippen LogP contribution in [0.4, 0.5) is 16.0 Å². The van der Waals surface area contributed by atoms with Gasteiger partial charge in [0.15, 0.2) is 0 Å². The fraction of sp³-hybridized carbons (Fsp3) is 0.207. The lowest BCUT2D eigenvalue weighted by Gasteiger charge is -2.23. The maximum Gasteiger partial charge on any atom is 0.237 e. The number of nitrogens with zero attached hydrogens (tertiary/aromatic N) is 3. The molecule has 4 aromatic rings. The molecule has 6 rings (SSSR count). The van der Waals surface area contributed by atoms with Crippen molar-refractivity contribution in [2.45, 2.75) is 36.1 Å². The minimum Gasteiger partial charge on any atom is -0.274 e. The standard InChI is InChI=1S/C29H25FN4O2S/c30-21-9-12-23(13-10-21)37(36)33-27-14-8-20-7-11-22(17-25(20)27)34(29-31-15-4-16-32-29)28(35)26-18-24(26)19-5-2-1-3-6-19/h1-7,9-13,15-17,24,26-27,33H,8,14,18H2. The van der Waals surface area contributed by atoms with Gasteiger partial charge in [0.1, 0.15) is 16.8 Å². The van der Waals surface area contributed by atoms with E-state index in [0.29, 0.717) is 16.5 Å². The molecule has 0 radical (unpaired) electrons. The number of aromatic nitrogens is 2. The van der Waals surface area contributed by atoms with Gasteiger partial charge in [0.2, 0.25) is 11.9 Å². The van der Waals surface area contributed by atoms with Crippen molar-refractivity contribution in [1.29, 1.82) is 0 Å². The summed E-state index contributed by atoms with van der Waals surface area (Å²) < 4.78 is 29.4. The van der Waals surface area contributed by atoms with Crippen molar-refractivity contribution in [3.05, 3.63) is 114 Å². The lowest BCUT2D eigenvalue weighted by Crippen LogP contribution is -2.30. The number of nitrogens with one attached hydrogen (secondary N) is 1. The van der Waals surface area contributed by atoms with Crippen LogP contribution in [0.25, 0.3) is 0 Å². The van der Waals surface area contributed by atoms with E-state index in [-0.39, 0.29) is 29.6 Å². The monoisotopic (exact) mass is 512 g/mol. The fourth-order valence-electron chi connectivity index (χ4n) is 5.06. The van der Waals surface area contributed by atoms with Crippen LogP contribution in [0.15, 0.2) is 96.2 Å². The van der Waals surface area contributed by atoms with Crippen molar-refractivity contribution in [2.75, 3.05) is 4.90 Å². The number of hydrogen-bond acceptors (Lipinski definition) is 4. The zero-order valence-corrected chi connectivity index (χ0v) is 20.8. The summed E-state index contributed by atoms with van der Waals surface area (Å²) in [6.07, 6.45) is 5.67. The summed E-state index contributed by atoms with van der Waals surface area (Å²) in [5.74, 6) is -0.0168. The third-order valence-electron chi connectivity index (χ3n) is 7.05. The summed E-state index contributed by atoms with van der Waals surface area (Å²) >= 11 is 0.